The Bertz CT molecular complexity index is 563. The van der Waals surface area contributed by atoms with E-state index >= 15 is 0 Å². The number of pyridine rings is 1. The number of hydrogen-bond donors (Lipinski definition) is 2. The molecule has 3 heteroatoms. The molecule has 0 spiro atoms. The average Bonchev–Trinajstić information content (AvgIpc) is 2.48. The predicted octanol–water partition coefficient (Wildman–Crippen LogP) is 4.84. The normalized spacial score (nSPS) is 11.2. The summed E-state index contributed by atoms with van der Waals surface area (Å²) in [5, 5.41) is 5.70. The molecular weight excluding hydrogens is 258 g/mol. The van der Waals surface area contributed by atoms with Crippen molar-refractivity contribution in [3.63, 3.8) is 0 Å². The second-order valence-electron chi connectivity index (χ2n) is 6.15. The van der Waals surface area contributed by atoms with E-state index < -0.39 is 0 Å². The predicted molar refractivity (Wildman–Crippen MR) is 92.6 cm³/mol. The van der Waals surface area contributed by atoms with Crippen LogP contribution in [0.15, 0.2) is 30.6 Å². The largest absolute Gasteiger partial charge is 0.398 e. The summed E-state index contributed by atoms with van der Waals surface area (Å²) in [7, 11) is 0. The SMILES string of the molecule is CC(C)CCCCCCNc1ccc(N)c2ccncc12. The number of rotatable bonds is 8. The van der Waals surface area contributed by atoms with Gasteiger partial charge in [0.1, 0.15) is 0 Å². The molecule has 1 aromatic carbocycles. The van der Waals surface area contributed by atoms with Gasteiger partial charge in [0, 0.05) is 41.1 Å². The second-order valence-corrected chi connectivity index (χ2v) is 6.15. The van der Waals surface area contributed by atoms with Crippen molar-refractivity contribution in [1.29, 1.82) is 0 Å². The van der Waals surface area contributed by atoms with E-state index in [4.69, 9.17) is 5.73 Å². The maximum absolute atomic E-state index is 6.00. The molecule has 0 aliphatic carbocycles. The van der Waals surface area contributed by atoms with E-state index in [9.17, 15) is 0 Å². The molecule has 0 saturated carbocycles. The van der Waals surface area contributed by atoms with Crippen LogP contribution in [0.3, 0.4) is 0 Å². The molecule has 114 valence electrons. The third-order valence-corrected chi connectivity index (χ3v) is 3.88. The number of unbranched alkanes of at least 4 members (excludes halogenated alkanes) is 3. The van der Waals surface area contributed by atoms with E-state index in [0.29, 0.717) is 0 Å². The first kappa shape index (κ1) is 15.6. The summed E-state index contributed by atoms with van der Waals surface area (Å²) in [6, 6.07) is 5.99. The van der Waals surface area contributed by atoms with Crippen molar-refractivity contribution >= 4 is 22.1 Å². The van der Waals surface area contributed by atoms with Crippen LogP contribution < -0.4 is 11.1 Å². The summed E-state index contributed by atoms with van der Waals surface area (Å²) < 4.78 is 0. The van der Waals surface area contributed by atoms with Gasteiger partial charge in [0.05, 0.1) is 0 Å². The Morgan fingerprint density at radius 3 is 2.67 bits per heavy atom. The number of anilines is 2. The lowest BCUT2D eigenvalue weighted by atomic mass is 10.0. The van der Waals surface area contributed by atoms with Crippen LogP contribution in [0.4, 0.5) is 11.4 Å². The molecule has 0 unspecified atom stereocenters. The second kappa shape index (κ2) is 7.87. The minimum absolute atomic E-state index is 0.812. The van der Waals surface area contributed by atoms with E-state index in [2.05, 4.69) is 30.2 Å². The molecule has 0 saturated heterocycles. The van der Waals surface area contributed by atoms with Crippen LogP contribution in [-0.4, -0.2) is 11.5 Å². The van der Waals surface area contributed by atoms with Gasteiger partial charge in [-0.15, -0.1) is 0 Å². The molecule has 2 aromatic rings. The summed E-state index contributed by atoms with van der Waals surface area (Å²) in [5.74, 6) is 0.830. The van der Waals surface area contributed by atoms with Crippen LogP contribution in [0.2, 0.25) is 0 Å². The van der Waals surface area contributed by atoms with Crippen LogP contribution in [-0.2, 0) is 0 Å². The number of aromatic nitrogens is 1. The van der Waals surface area contributed by atoms with Gasteiger partial charge < -0.3 is 11.1 Å². The highest BCUT2D eigenvalue weighted by atomic mass is 14.9. The van der Waals surface area contributed by atoms with Crippen molar-refractivity contribution in [3.8, 4) is 0 Å². The third kappa shape index (κ3) is 4.62. The fraction of sp³-hybridized carbons (Fsp3) is 0.500. The molecule has 3 nitrogen and oxygen atoms in total. The highest BCUT2D eigenvalue weighted by Crippen LogP contribution is 2.27. The van der Waals surface area contributed by atoms with Gasteiger partial charge in [-0.2, -0.15) is 0 Å². The highest BCUT2D eigenvalue weighted by molar-refractivity contribution is 6.00. The Balaban J connectivity index is 1.80. The van der Waals surface area contributed by atoms with Gasteiger partial charge in [0.15, 0.2) is 0 Å². The van der Waals surface area contributed by atoms with Crippen molar-refractivity contribution < 1.29 is 0 Å². The van der Waals surface area contributed by atoms with Crippen LogP contribution >= 0.6 is 0 Å². The van der Waals surface area contributed by atoms with Gasteiger partial charge in [-0.1, -0.05) is 39.5 Å². The molecule has 0 atom stereocenters. The molecule has 2 rings (SSSR count). The standard InChI is InChI=1S/C18H27N3/c1-14(2)7-5-3-4-6-11-21-18-9-8-17(19)15-10-12-20-13-16(15)18/h8-10,12-14,21H,3-7,11,19H2,1-2H3. The molecule has 0 bridgehead atoms. The smallest absolute Gasteiger partial charge is 0.0437 e. The number of fused-ring (bicyclic) bond motifs is 1. The van der Waals surface area contributed by atoms with Crippen molar-refractivity contribution in [1.82, 2.24) is 4.98 Å². The molecule has 21 heavy (non-hydrogen) atoms. The molecule has 1 aromatic heterocycles. The average molecular weight is 285 g/mol. The summed E-state index contributed by atoms with van der Waals surface area (Å²) in [4.78, 5) is 4.20. The number of nitrogens with zero attached hydrogens (tertiary/aromatic N) is 1. The monoisotopic (exact) mass is 285 g/mol. The van der Waals surface area contributed by atoms with Crippen LogP contribution in [0.1, 0.15) is 46.0 Å². The summed E-state index contributed by atoms with van der Waals surface area (Å²) in [5.41, 5.74) is 7.95. The fourth-order valence-electron chi connectivity index (χ4n) is 2.62. The topological polar surface area (TPSA) is 50.9 Å². The molecule has 0 aliphatic heterocycles. The lowest BCUT2D eigenvalue weighted by Gasteiger charge is -2.11. The molecule has 0 amide bonds. The van der Waals surface area contributed by atoms with E-state index in [0.717, 1.165) is 34.6 Å². The zero-order chi connectivity index (χ0) is 15.1. The van der Waals surface area contributed by atoms with Gasteiger partial charge >= 0.3 is 0 Å². The number of nitrogens with two attached hydrogens (primary N) is 1. The van der Waals surface area contributed by atoms with Gasteiger partial charge in [-0.05, 0) is 30.5 Å². The first-order valence-corrected chi connectivity index (χ1v) is 8.04. The quantitative estimate of drug-likeness (QED) is 0.539. The van der Waals surface area contributed by atoms with Gasteiger partial charge in [-0.25, -0.2) is 0 Å². The Labute approximate surface area is 128 Å². The van der Waals surface area contributed by atoms with Crippen molar-refractivity contribution in [3.05, 3.63) is 30.6 Å². The number of nitrogen functional groups attached to an aromatic ring is 1. The lowest BCUT2D eigenvalue weighted by Crippen LogP contribution is -2.03. The Morgan fingerprint density at radius 1 is 1.05 bits per heavy atom. The van der Waals surface area contributed by atoms with Gasteiger partial charge in [0.25, 0.3) is 0 Å². The summed E-state index contributed by atoms with van der Waals surface area (Å²) >= 11 is 0. The molecule has 3 N–H and O–H groups in total. The van der Waals surface area contributed by atoms with E-state index in [1.165, 1.54) is 32.1 Å². The highest BCUT2D eigenvalue weighted by Gasteiger charge is 2.03. The first-order valence-electron chi connectivity index (χ1n) is 8.04. The number of benzene rings is 1. The molecule has 0 radical (unpaired) electrons. The Hall–Kier alpha value is -1.77. The molecule has 0 aliphatic rings. The van der Waals surface area contributed by atoms with Crippen molar-refractivity contribution in [2.45, 2.75) is 46.0 Å². The molecule has 1 heterocycles. The summed E-state index contributed by atoms with van der Waals surface area (Å²) in [6.07, 6.45) is 10.2. The molecule has 0 fully saturated rings. The van der Waals surface area contributed by atoms with Crippen molar-refractivity contribution in [2.24, 2.45) is 5.92 Å². The van der Waals surface area contributed by atoms with Crippen molar-refractivity contribution in [2.75, 3.05) is 17.6 Å². The minimum atomic E-state index is 0.812. The zero-order valence-corrected chi connectivity index (χ0v) is 13.2. The number of nitrogens with one attached hydrogen (secondary N) is 1. The van der Waals surface area contributed by atoms with E-state index in [-0.39, 0.29) is 0 Å². The van der Waals surface area contributed by atoms with E-state index in [1.54, 1.807) is 6.20 Å². The zero-order valence-electron chi connectivity index (χ0n) is 13.2. The fourth-order valence-corrected chi connectivity index (χ4v) is 2.62. The minimum Gasteiger partial charge on any atom is -0.398 e. The maximum Gasteiger partial charge on any atom is 0.0437 e. The van der Waals surface area contributed by atoms with Crippen LogP contribution in [0.5, 0.6) is 0 Å². The van der Waals surface area contributed by atoms with Crippen LogP contribution in [0, 0.1) is 5.92 Å². The first-order chi connectivity index (χ1) is 10.2. The third-order valence-electron chi connectivity index (χ3n) is 3.88. The molecular formula is C18H27N3. The van der Waals surface area contributed by atoms with Crippen LogP contribution in [0.25, 0.3) is 10.8 Å². The maximum atomic E-state index is 6.00. The number of hydrogen-bond acceptors (Lipinski definition) is 3. The Kier molecular flexibility index (Phi) is 5.85. The van der Waals surface area contributed by atoms with E-state index in [1.807, 2.05) is 18.3 Å². The Morgan fingerprint density at radius 2 is 1.86 bits per heavy atom. The van der Waals surface area contributed by atoms with Gasteiger partial charge in [0.2, 0.25) is 0 Å². The summed E-state index contributed by atoms with van der Waals surface area (Å²) in [6.45, 7) is 5.60. The lowest BCUT2D eigenvalue weighted by molar-refractivity contribution is 0.523. The van der Waals surface area contributed by atoms with Gasteiger partial charge in [-0.3, -0.25) is 4.98 Å².